The van der Waals surface area contributed by atoms with E-state index in [1.165, 1.54) is 12.1 Å². The van der Waals surface area contributed by atoms with Crippen molar-refractivity contribution in [2.45, 2.75) is 0 Å². The lowest BCUT2D eigenvalue weighted by Gasteiger charge is -2.38. The number of anilines is 3. The van der Waals surface area contributed by atoms with Crippen LogP contribution in [0.2, 0.25) is 15.1 Å². The number of hydrogen-bond acceptors (Lipinski definition) is 4. The van der Waals surface area contributed by atoms with Crippen LogP contribution >= 0.6 is 34.8 Å². The first-order valence-electron chi connectivity index (χ1n) is 11.7. The molecular formula is C27H17Cl3F5N3O2. The number of carbonyl (C=O) groups is 1. The summed E-state index contributed by atoms with van der Waals surface area (Å²) in [4.78, 5) is 15.6. The van der Waals surface area contributed by atoms with Crippen LogP contribution < -0.4 is 15.1 Å². The van der Waals surface area contributed by atoms with E-state index in [9.17, 15) is 26.7 Å². The molecule has 1 amide bonds. The predicted octanol–water partition coefficient (Wildman–Crippen LogP) is 8.18. The summed E-state index contributed by atoms with van der Waals surface area (Å²) in [6, 6.07) is 12.9. The number of nitrogens with zero attached hydrogens (tertiary/aromatic N) is 2. The van der Waals surface area contributed by atoms with Gasteiger partial charge in [0.05, 0.1) is 20.8 Å². The maximum Gasteiger partial charge on any atom is 0.291 e. The van der Waals surface area contributed by atoms with Crippen LogP contribution in [-0.4, -0.2) is 32.1 Å². The lowest BCUT2D eigenvalue weighted by Crippen LogP contribution is -2.47. The smallest absolute Gasteiger partial charge is 0.291 e. The van der Waals surface area contributed by atoms with E-state index in [-0.39, 0.29) is 37.0 Å². The molecule has 1 aromatic heterocycles. The first-order valence-corrected chi connectivity index (χ1v) is 12.9. The predicted molar refractivity (Wildman–Crippen MR) is 144 cm³/mol. The number of rotatable bonds is 5. The van der Waals surface area contributed by atoms with Gasteiger partial charge in [-0.3, -0.25) is 4.79 Å². The minimum atomic E-state index is -2.20. The average molecular weight is 617 g/mol. The molecule has 40 heavy (non-hydrogen) atoms. The Morgan fingerprint density at radius 2 is 1.38 bits per heavy atom. The zero-order valence-corrected chi connectivity index (χ0v) is 22.4. The summed E-state index contributed by atoms with van der Waals surface area (Å²) in [5.74, 6) is -10.1. The van der Waals surface area contributed by atoms with Crippen molar-refractivity contribution in [3.63, 3.8) is 0 Å². The van der Waals surface area contributed by atoms with E-state index in [0.29, 0.717) is 32.7 Å². The number of nitrogens with one attached hydrogen (secondary N) is 1. The molecule has 0 saturated carbocycles. The maximum atomic E-state index is 14.2. The molecule has 1 saturated heterocycles. The van der Waals surface area contributed by atoms with E-state index in [2.05, 4.69) is 5.32 Å². The van der Waals surface area contributed by atoms with Gasteiger partial charge in [0.25, 0.3) is 5.91 Å². The van der Waals surface area contributed by atoms with Crippen LogP contribution in [0.4, 0.5) is 39.0 Å². The Balaban J connectivity index is 1.26. The van der Waals surface area contributed by atoms with Gasteiger partial charge in [-0.1, -0.05) is 40.9 Å². The summed E-state index contributed by atoms with van der Waals surface area (Å²) in [5.41, 5.74) is 0.505. The highest BCUT2D eigenvalue weighted by molar-refractivity contribution is 6.43. The summed E-state index contributed by atoms with van der Waals surface area (Å²) < 4.78 is 74.7. The minimum absolute atomic E-state index is 0.0232. The highest BCUT2D eigenvalue weighted by atomic mass is 35.5. The number of hydrogen-bond donors (Lipinski definition) is 1. The first kappa shape index (κ1) is 28.1. The summed E-state index contributed by atoms with van der Waals surface area (Å²) in [5, 5.41) is 3.60. The second-order valence-corrected chi connectivity index (χ2v) is 9.97. The van der Waals surface area contributed by atoms with Crippen LogP contribution in [0.5, 0.6) is 0 Å². The third-order valence-electron chi connectivity index (χ3n) is 6.38. The molecular weight excluding hydrogens is 600 g/mol. The standard InChI is InChI=1S/C27H17Cl3F5N3O2/c28-15-3-1-2-14(20(15)30)18-6-7-19(40-18)27(39)36-13-4-5-17(16(29)12-13)37-8-10-38(11-9-37)26-24(34)22(32)21(31)23(33)25(26)35/h1-7,12H,8-11H2,(H,36,39). The van der Waals surface area contributed by atoms with Gasteiger partial charge in [0.1, 0.15) is 11.4 Å². The second kappa shape index (κ2) is 11.2. The molecule has 0 unspecified atom stereocenters. The average Bonchev–Trinajstić information content (AvgIpc) is 3.43. The molecule has 1 aliphatic heterocycles. The van der Waals surface area contributed by atoms with Crippen LogP contribution in [0, 0.1) is 29.1 Å². The molecule has 0 bridgehead atoms. The van der Waals surface area contributed by atoms with Crippen molar-refractivity contribution < 1.29 is 31.2 Å². The van der Waals surface area contributed by atoms with E-state index in [0.717, 1.165) is 4.90 Å². The Bertz CT molecular complexity index is 1590. The minimum Gasteiger partial charge on any atom is -0.451 e. The van der Waals surface area contributed by atoms with E-state index in [1.807, 2.05) is 0 Å². The number of furan rings is 1. The van der Waals surface area contributed by atoms with Gasteiger partial charge in [-0.2, -0.15) is 0 Å². The van der Waals surface area contributed by atoms with Crippen molar-refractivity contribution in [3.8, 4) is 11.3 Å². The zero-order chi connectivity index (χ0) is 28.7. The monoisotopic (exact) mass is 615 g/mol. The van der Waals surface area contributed by atoms with Gasteiger partial charge in [0.15, 0.2) is 29.0 Å². The second-order valence-electron chi connectivity index (χ2n) is 8.78. The highest BCUT2D eigenvalue weighted by Crippen LogP contribution is 2.36. The zero-order valence-electron chi connectivity index (χ0n) is 20.2. The van der Waals surface area contributed by atoms with Crippen molar-refractivity contribution in [2.24, 2.45) is 0 Å². The van der Waals surface area contributed by atoms with Crippen LogP contribution in [0.1, 0.15) is 10.6 Å². The fourth-order valence-electron chi connectivity index (χ4n) is 4.37. The SMILES string of the molecule is O=C(Nc1ccc(N2CCN(c3c(F)c(F)c(F)c(F)c3F)CC2)c(Cl)c1)c1ccc(-c2cccc(Cl)c2Cl)o1. The van der Waals surface area contributed by atoms with Crippen LogP contribution in [0.25, 0.3) is 11.3 Å². The molecule has 208 valence electrons. The highest BCUT2D eigenvalue weighted by Gasteiger charge is 2.31. The quantitative estimate of drug-likeness (QED) is 0.140. The summed E-state index contributed by atoms with van der Waals surface area (Å²) >= 11 is 18.7. The summed E-state index contributed by atoms with van der Waals surface area (Å²) in [7, 11) is 0. The van der Waals surface area contributed by atoms with Crippen molar-refractivity contribution in [1.82, 2.24) is 0 Å². The van der Waals surface area contributed by atoms with Crippen LogP contribution in [0.15, 0.2) is 52.9 Å². The van der Waals surface area contributed by atoms with Crippen molar-refractivity contribution in [2.75, 3.05) is 41.3 Å². The summed E-state index contributed by atoms with van der Waals surface area (Å²) in [6.45, 7) is 0.327. The van der Waals surface area contributed by atoms with Gasteiger partial charge in [-0.25, -0.2) is 22.0 Å². The van der Waals surface area contributed by atoms with Gasteiger partial charge in [0, 0.05) is 37.4 Å². The van der Waals surface area contributed by atoms with E-state index in [1.54, 1.807) is 41.3 Å². The van der Waals surface area contributed by atoms with Gasteiger partial charge in [-0.05, 0) is 42.5 Å². The van der Waals surface area contributed by atoms with Crippen molar-refractivity contribution in [3.05, 3.63) is 98.4 Å². The molecule has 0 aliphatic carbocycles. The molecule has 13 heteroatoms. The molecule has 5 rings (SSSR count). The molecule has 5 nitrogen and oxygen atoms in total. The Labute approximate surface area is 239 Å². The number of benzene rings is 3. The topological polar surface area (TPSA) is 48.7 Å². The van der Waals surface area contributed by atoms with E-state index in [4.69, 9.17) is 39.2 Å². The third-order valence-corrected chi connectivity index (χ3v) is 7.50. The Morgan fingerprint density at radius 3 is 2.02 bits per heavy atom. The van der Waals surface area contributed by atoms with E-state index < -0.39 is 40.7 Å². The third kappa shape index (κ3) is 5.18. The molecule has 3 aromatic carbocycles. The molecule has 0 radical (unpaired) electrons. The number of halogens is 8. The van der Waals surface area contributed by atoms with Crippen molar-refractivity contribution >= 4 is 57.8 Å². The molecule has 0 atom stereocenters. The Kier molecular flexibility index (Phi) is 7.85. The normalized spacial score (nSPS) is 13.6. The largest absolute Gasteiger partial charge is 0.451 e. The van der Waals surface area contributed by atoms with Crippen LogP contribution in [-0.2, 0) is 0 Å². The molecule has 1 fully saturated rings. The molecule has 1 aliphatic rings. The fourth-order valence-corrected chi connectivity index (χ4v) is 5.07. The number of carbonyl (C=O) groups excluding carboxylic acids is 1. The van der Waals surface area contributed by atoms with Gasteiger partial charge < -0.3 is 19.5 Å². The molecule has 4 aromatic rings. The Hall–Kier alpha value is -3.47. The van der Waals surface area contributed by atoms with Crippen molar-refractivity contribution in [1.29, 1.82) is 0 Å². The van der Waals surface area contributed by atoms with Gasteiger partial charge >= 0.3 is 0 Å². The molecule has 1 N–H and O–H groups in total. The lowest BCUT2D eigenvalue weighted by molar-refractivity contribution is 0.0997. The first-order chi connectivity index (χ1) is 19.1. The molecule has 0 spiro atoms. The lowest BCUT2D eigenvalue weighted by atomic mass is 10.2. The number of piperazine rings is 1. The Morgan fingerprint density at radius 1 is 0.750 bits per heavy atom. The van der Waals surface area contributed by atoms with Gasteiger partial charge in [-0.15, -0.1) is 0 Å². The van der Waals surface area contributed by atoms with Gasteiger partial charge in [0.2, 0.25) is 5.82 Å². The summed E-state index contributed by atoms with van der Waals surface area (Å²) in [6.07, 6.45) is 0. The van der Waals surface area contributed by atoms with E-state index >= 15 is 0 Å². The maximum absolute atomic E-state index is 14.2. The molecule has 2 heterocycles. The fraction of sp³-hybridized carbons (Fsp3) is 0.148. The number of amides is 1. The van der Waals surface area contributed by atoms with Crippen LogP contribution in [0.3, 0.4) is 0 Å².